The molecule has 10 heteroatoms. The first-order valence-corrected chi connectivity index (χ1v) is 11.5. The highest BCUT2D eigenvalue weighted by Crippen LogP contribution is 2.38. The topological polar surface area (TPSA) is 154 Å². The summed E-state index contributed by atoms with van der Waals surface area (Å²) in [6.45, 7) is 7.55. The maximum atomic E-state index is 12.3. The monoisotopic (exact) mass is 480 g/mol. The summed E-state index contributed by atoms with van der Waals surface area (Å²) in [4.78, 5) is 28.6. The van der Waals surface area contributed by atoms with E-state index >= 15 is 0 Å². The number of ether oxygens (including phenoxy) is 2. The number of aromatic nitrogens is 1. The number of primary amides is 1. The Morgan fingerprint density at radius 2 is 1.74 bits per heavy atom. The second kappa shape index (κ2) is 11.9. The maximum absolute atomic E-state index is 12.3. The normalized spacial score (nSPS) is 10.6. The van der Waals surface area contributed by atoms with E-state index in [0.717, 1.165) is 11.1 Å². The summed E-state index contributed by atoms with van der Waals surface area (Å²) in [5.74, 6) is 0.470. The van der Waals surface area contributed by atoms with Gasteiger partial charge in [0.2, 0.25) is 0 Å². The van der Waals surface area contributed by atoms with Crippen LogP contribution in [0.3, 0.4) is 0 Å². The van der Waals surface area contributed by atoms with Crippen LogP contribution in [0.25, 0.3) is 10.9 Å². The number of fused-ring (bicyclic) bond motifs is 1. The van der Waals surface area contributed by atoms with Crippen molar-refractivity contribution in [2.45, 2.75) is 33.9 Å². The number of nitrogens with one attached hydrogen (secondary N) is 3. The predicted molar refractivity (Wildman–Crippen MR) is 136 cm³/mol. The van der Waals surface area contributed by atoms with E-state index in [9.17, 15) is 9.59 Å². The van der Waals surface area contributed by atoms with Crippen LogP contribution in [0.15, 0.2) is 36.5 Å². The number of carbonyl (C=O) groups excluding carboxylic acids is 2. The minimum absolute atomic E-state index is 0.211. The molecule has 0 radical (unpaired) electrons. The molecule has 3 aromatic rings. The lowest BCUT2D eigenvalue weighted by molar-refractivity contribution is 0.100. The number of pyridine rings is 1. The van der Waals surface area contributed by atoms with E-state index < -0.39 is 5.91 Å². The number of nitrogens with two attached hydrogens (primary N) is 2. The number of benzene rings is 2. The molecule has 3 amide bonds. The van der Waals surface area contributed by atoms with Crippen molar-refractivity contribution >= 4 is 34.2 Å². The number of hydrogen-bond donors (Lipinski definition) is 5. The van der Waals surface area contributed by atoms with E-state index in [4.69, 9.17) is 20.9 Å². The van der Waals surface area contributed by atoms with Gasteiger partial charge >= 0.3 is 6.03 Å². The Bertz CT molecular complexity index is 1210. The number of rotatable bonds is 11. The molecule has 0 atom stereocenters. The van der Waals surface area contributed by atoms with Crippen LogP contribution in [-0.4, -0.2) is 36.7 Å². The fraction of sp³-hybridized carbons (Fsp3) is 0.320. The molecule has 0 bridgehead atoms. The third-order valence-electron chi connectivity index (χ3n) is 5.31. The van der Waals surface area contributed by atoms with E-state index in [0.29, 0.717) is 60.1 Å². The molecule has 0 saturated carbocycles. The third-order valence-corrected chi connectivity index (χ3v) is 5.31. The minimum Gasteiger partial charge on any atom is -0.490 e. The van der Waals surface area contributed by atoms with Crippen LogP contribution in [0.1, 0.15) is 42.3 Å². The van der Waals surface area contributed by atoms with Gasteiger partial charge in [0.25, 0.3) is 5.91 Å². The Morgan fingerprint density at radius 3 is 2.37 bits per heavy atom. The molecule has 1 aromatic heterocycles. The van der Waals surface area contributed by atoms with Crippen molar-refractivity contribution in [2.24, 2.45) is 11.5 Å². The molecule has 0 aliphatic rings. The lowest BCUT2D eigenvalue weighted by atomic mass is 10.0. The molecule has 0 aliphatic heterocycles. The van der Waals surface area contributed by atoms with E-state index in [1.54, 1.807) is 12.1 Å². The first-order chi connectivity index (χ1) is 16.9. The highest BCUT2D eigenvalue weighted by molar-refractivity contribution is 6.08. The Hall–Kier alpha value is -4.05. The van der Waals surface area contributed by atoms with E-state index in [-0.39, 0.29) is 18.1 Å². The van der Waals surface area contributed by atoms with Gasteiger partial charge in [-0.1, -0.05) is 12.1 Å². The third kappa shape index (κ3) is 5.90. The van der Waals surface area contributed by atoms with Gasteiger partial charge in [-0.05, 0) is 44.0 Å². The van der Waals surface area contributed by atoms with Crippen LogP contribution in [0.4, 0.5) is 16.2 Å². The first kappa shape index (κ1) is 25.6. The smallest absolute Gasteiger partial charge is 0.315 e. The highest BCUT2D eigenvalue weighted by Gasteiger charge is 2.19. The molecule has 7 N–H and O–H groups in total. The van der Waals surface area contributed by atoms with Crippen molar-refractivity contribution in [3.63, 3.8) is 0 Å². The Kier molecular flexibility index (Phi) is 8.69. The van der Waals surface area contributed by atoms with Gasteiger partial charge in [-0.2, -0.15) is 0 Å². The van der Waals surface area contributed by atoms with Crippen molar-refractivity contribution in [2.75, 3.05) is 25.1 Å². The van der Waals surface area contributed by atoms with Gasteiger partial charge in [-0.25, -0.2) is 4.79 Å². The molecule has 0 aliphatic carbocycles. The Balaban J connectivity index is 2.10. The van der Waals surface area contributed by atoms with Crippen LogP contribution in [0.5, 0.6) is 11.5 Å². The van der Waals surface area contributed by atoms with Crippen molar-refractivity contribution in [3.05, 3.63) is 53.2 Å². The average Bonchev–Trinajstić information content (AvgIpc) is 2.83. The number of anilines is 2. The number of amides is 3. The molecule has 0 spiro atoms. The maximum Gasteiger partial charge on any atom is 0.315 e. The van der Waals surface area contributed by atoms with Crippen LogP contribution in [0.2, 0.25) is 0 Å². The molecule has 2 aromatic carbocycles. The molecule has 0 fully saturated rings. The standard InChI is InChI=1S/C25H32N6O4/c1-4-28-25(33)30-13-15-8-7-9-19(17(15)12-26)31-23-16-10-21(34-5-2)22(35-6-3)11-20(16)29-14-18(23)24(27)32/h7-11,14H,4-6,12-13,26H2,1-3H3,(H2,27,32)(H,29,31)(H2,28,30,33). The summed E-state index contributed by atoms with van der Waals surface area (Å²) in [7, 11) is 0. The summed E-state index contributed by atoms with van der Waals surface area (Å²) < 4.78 is 11.5. The number of nitrogens with zero attached hydrogens (tertiary/aromatic N) is 1. The summed E-state index contributed by atoms with van der Waals surface area (Å²) in [5, 5.41) is 9.50. The first-order valence-electron chi connectivity index (χ1n) is 11.5. The molecular weight excluding hydrogens is 448 g/mol. The highest BCUT2D eigenvalue weighted by atomic mass is 16.5. The number of hydrogen-bond acceptors (Lipinski definition) is 7. The largest absolute Gasteiger partial charge is 0.490 e. The van der Waals surface area contributed by atoms with Crippen LogP contribution in [0, 0.1) is 0 Å². The van der Waals surface area contributed by atoms with Crippen molar-refractivity contribution in [3.8, 4) is 11.5 Å². The lowest BCUT2D eigenvalue weighted by Gasteiger charge is -2.19. The van der Waals surface area contributed by atoms with Gasteiger partial charge in [0.1, 0.15) is 0 Å². The molecule has 0 unspecified atom stereocenters. The molecule has 35 heavy (non-hydrogen) atoms. The zero-order chi connectivity index (χ0) is 25.4. The minimum atomic E-state index is -0.628. The van der Waals surface area contributed by atoms with Crippen LogP contribution in [-0.2, 0) is 13.1 Å². The van der Waals surface area contributed by atoms with Gasteiger partial charge in [0, 0.05) is 43.0 Å². The van der Waals surface area contributed by atoms with Gasteiger partial charge in [0.05, 0.1) is 30.0 Å². The van der Waals surface area contributed by atoms with Gasteiger partial charge in [-0.3, -0.25) is 9.78 Å². The SMILES string of the molecule is CCNC(=O)NCc1cccc(Nc2c(C(N)=O)cnc3cc(OCC)c(OCC)cc23)c1CN. The Morgan fingerprint density at radius 1 is 1.03 bits per heavy atom. The molecular formula is C25H32N6O4. The van der Waals surface area contributed by atoms with Crippen LogP contribution < -0.4 is 36.9 Å². The fourth-order valence-electron chi connectivity index (χ4n) is 3.75. The fourth-order valence-corrected chi connectivity index (χ4v) is 3.75. The molecule has 10 nitrogen and oxygen atoms in total. The molecule has 1 heterocycles. The van der Waals surface area contributed by atoms with Gasteiger partial charge in [-0.15, -0.1) is 0 Å². The average molecular weight is 481 g/mol. The number of urea groups is 1. The predicted octanol–water partition coefficient (Wildman–Crippen LogP) is 3.15. The molecule has 0 saturated heterocycles. The molecule has 3 rings (SSSR count). The quantitative estimate of drug-likeness (QED) is 0.282. The van der Waals surface area contributed by atoms with E-state index in [1.165, 1.54) is 6.20 Å². The zero-order valence-electron chi connectivity index (χ0n) is 20.2. The summed E-state index contributed by atoms with van der Waals surface area (Å²) in [6, 6.07) is 8.89. The summed E-state index contributed by atoms with van der Waals surface area (Å²) >= 11 is 0. The van der Waals surface area contributed by atoms with Crippen molar-refractivity contribution < 1.29 is 19.1 Å². The van der Waals surface area contributed by atoms with Gasteiger partial charge in [0.15, 0.2) is 11.5 Å². The molecule has 186 valence electrons. The van der Waals surface area contributed by atoms with Crippen molar-refractivity contribution in [1.29, 1.82) is 0 Å². The second-order valence-corrected chi connectivity index (χ2v) is 7.58. The van der Waals surface area contributed by atoms with Crippen molar-refractivity contribution in [1.82, 2.24) is 15.6 Å². The summed E-state index contributed by atoms with van der Waals surface area (Å²) in [5.41, 5.74) is 15.4. The Labute approximate surface area is 204 Å². The zero-order valence-corrected chi connectivity index (χ0v) is 20.2. The lowest BCUT2D eigenvalue weighted by Crippen LogP contribution is -2.35. The van der Waals surface area contributed by atoms with E-state index in [1.807, 2.05) is 39.0 Å². The van der Waals surface area contributed by atoms with Gasteiger partial charge < -0.3 is 36.9 Å². The second-order valence-electron chi connectivity index (χ2n) is 7.58. The number of carbonyl (C=O) groups is 2. The van der Waals surface area contributed by atoms with Crippen LogP contribution >= 0.6 is 0 Å². The van der Waals surface area contributed by atoms with E-state index in [2.05, 4.69) is 20.9 Å². The summed E-state index contributed by atoms with van der Waals surface area (Å²) in [6.07, 6.45) is 1.44.